The Labute approximate surface area is 36.3 Å². The molecule has 0 fully saturated rings. The third kappa shape index (κ3) is 4.02. The summed E-state index contributed by atoms with van der Waals surface area (Å²) >= 11 is 1.38. The highest BCUT2D eigenvalue weighted by Gasteiger charge is 1.64. The van der Waals surface area contributed by atoms with Gasteiger partial charge in [-0.2, -0.15) is 0 Å². The van der Waals surface area contributed by atoms with Crippen LogP contribution < -0.4 is 0 Å². The minimum atomic E-state index is 0.962. The Morgan fingerprint density at radius 3 is 2.60 bits per heavy atom. The van der Waals surface area contributed by atoms with Crippen LogP contribution in [-0.2, 0) is 0 Å². The summed E-state index contributed by atoms with van der Waals surface area (Å²) in [5.74, 6) is 0.962. The van der Waals surface area contributed by atoms with Crippen molar-refractivity contribution in [1.82, 2.24) is 0 Å². The summed E-state index contributed by atoms with van der Waals surface area (Å²) in [5, 5.41) is 6.32. The number of rotatable bonds is 2. The fourth-order valence-electron chi connectivity index (χ4n) is 0.0722. The lowest BCUT2D eigenvalue weighted by atomic mass is 11.0. The third-order valence-electron chi connectivity index (χ3n) is 0.217. The summed E-state index contributed by atoms with van der Waals surface area (Å²) < 4.78 is 0. The van der Waals surface area contributed by atoms with Crippen LogP contribution in [0.4, 0.5) is 0 Å². The molecule has 0 heterocycles. The number of nitrogens with one attached hydrogen (secondary N) is 1. The van der Waals surface area contributed by atoms with Gasteiger partial charge in [0, 0.05) is 0 Å². The average molecular weight is 88.2 g/mol. The first kappa shape index (κ1) is 5.02. The topological polar surface area (TPSA) is 23.9 Å². The maximum Gasteiger partial charge on any atom is 0.119 e. The predicted molar refractivity (Wildman–Crippen MR) is 25.9 cm³/mol. The van der Waals surface area contributed by atoms with Crippen LogP contribution in [0.25, 0.3) is 0 Å². The summed E-state index contributed by atoms with van der Waals surface area (Å²) in [7, 11) is 0. The van der Waals surface area contributed by atoms with Gasteiger partial charge in [0.05, 0.1) is 0 Å². The zero-order valence-corrected chi connectivity index (χ0v) is 3.93. The third-order valence-corrected chi connectivity index (χ3v) is 0.650. The molecule has 0 aromatic rings. The van der Waals surface area contributed by atoms with E-state index in [2.05, 4.69) is 5.55 Å². The van der Waals surface area contributed by atoms with E-state index in [1.807, 2.05) is 6.92 Å². The Bertz CT molecular complexity index is 28.1. The van der Waals surface area contributed by atoms with Crippen LogP contribution in [0.1, 0.15) is 6.92 Å². The molecule has 0 bridgehead atoms. The van der Waals surface area contributed by atoms with E-state index in [-0.39, 0.29) is 0 Å². The van der Waals surface area contributed by atoms with Crippen LogP contribution in [0.5, 0.6) is 0 Å². The van der Waals surface area contributed by atoms with Gasteiger partial charge in [0.1, 0.15) is 5.55 Å². The normalized spacial score (nSPS) is 7.40. The van der Waals surface area contributed by atoms with Gasteiger partial charge in [0.15, 0.2) is 0 Å². The highest BCUT2D eigenvalue weighted by Crippen LogP contribution is 1.86. The van der Waals surface area contributed by atoms with Crippen molar-refractivity contribution < 1.29 is 0 Å². The minimum absolute atomic E-state index is 0.962. The highest BCUT2D eigenvalue weighted by atomic mass is 32.2. The average Bonchev–Trinajstić information content (AvgIpc) is 1.41. The van der Waals surface area contributed by atoms with E-state index in [9.17, 15) is 0 Å². The van der Waals surface area contributed by atoms with Gasteiger partial charge in [-0.05, 0) is 5.75 Å². The Hall–Kier alpha value is 0.0200. The van der Waals surface area contributed by atoms with Crippen molar-refractivity contribution in [2.45, 2.75) is 6.92 Å². The molecule has 0 saturated heterocycles. The SMILES string of the molecule is CCS[C]=N. The lowest BCUT2D eigenvalue weighted by molar-refractivity contribution is 1.53. The molecule has 0 atom stereocenters. The first-order valence-electron chi connectivity index (χ1n) is 1.45. The molecule has 0 unspecified atom stereocenters. The van der Waals surface area contributed by atoms with Gasteiger partial charge in [-0.25, -0.2) is 0 Å². The molecule has 0 rings (SSSR count). The zero-order valence-electron chi connectivity index (χ0n) is 3.12. The van der Waals surface area contributed by atoms with Gasteiger partial charge in [-0.15, -0.1) is 11.8 Å². The van der Waals surface area contributed by atoms with E-state index in [1.54, 1.807) is 0 Å². The molecule has 0 aliphatic rings. The molecule has 0 aliphatic heterocycles. The smallest absolute Gasteiger partial charge is 0.119 e. The van der Waals surface area contributed by atoms with E-state index in [0.717, 1.165) is 5.75 Å². The van der Waals surface area contributed by atoms with Crippen molar-refractivity contribution in [3.63, 3.8) is 0 Å². The van der Waals surface area contributed by atoms with Gasteiger partial charge in [0.2, 0.25) is 0 Å². The number of thioether (sulfide) groups is 1. The molecular formula is C3H6NS. The molecule has 1 nitrogen and oxygen atoms in total. The van der Waals surface area contributed by atoms with Gasteiger partial charge in [-0.3, -0.25) is 5.41 Å². The fourth-order valence-corrected chi connectivity index (χ4v) is 0.217. The van der Waals surface area contributed by atoms with Crippen LogP contribution >= 0.6 is 11.8 Å². The Balaban J connectivity index is 2.40. The van der Waals surface area contributed by atoms with Crippen molar-refractivity contribution in [2.75, 3.05) is 5.75 Å². The maximum atomic E-state index is 6.32. The molecule has 1 N–H and O–H groups in total. The van der Waals surface area contributed by atoms with Gasteiger partial charge in [0.25, 0.3) is 0 Å². The van der Waals surface area contributed by atoms with Crippen LogP contribution in [0.15, 0.2) is 0 Å². The lowest BCUT2D eigenvalue weighted by Gasteiger charge is -1.70. The Kier molecular flexibility index (Phi) is 4.04. The quantitative estimate of drug-likeness (QED) is 0.398. The molecule has 29 valence electrons. The van der Waals surface area contributed by atoms with Gasteiger partial charge >= 0.3 is 0 Å². The first-order valence-corrected chi connectivity index (χ1v) is 2.44. The zero-order chi connectivity index (χ0) is 4.12. The second-order valence-corrected chi connectivity index (χ2v) is 1.61. The van der Waals surface area contributed by atoms with Crippen LogP contribution in [0.3, 0.4) is 0 Å². The lowest BCUT2D eigenvalue weighted by Crippen LogP contribution is -1.59. The predicted octanol–water partition coefficient (Wildman–Crippen LogP) is 1.22. The standard InChI is InChI=1S/C3H6NS/c1-2-5-3-4/h4H,2H2,1H3. The van der Waals surface area contributed by atoms with E-state index >= 15 is 0 Å². The van der Waals surface area contributed by atoms with Gasteiger partial charge in [-0.1, -0.05) is 6.92 Å². The summed E-state index contributed by atoms with van der Waals surface area (Å²) in [6, 6.07) is 0. The fraction of sp³-hybridized carbons (Fsp3) is 0.667. The summed E-state index contributed by atoms with van der Waals surface area (Å²) in [4.78, 5) is 0. The molecule has 0 aromatic heterocycles. The van der Waals surface area contributed by atoms with Crippen LogP contribution in [-0.4, -0.2) is 11.3 Å². The Morgan fingerprint density at radius 1 is 2.00 bits per heavy atom. The molecule has 1 radical (unpaired) electrons. The van der Waals surface area contributed by atoms with E-state index < -0.39 is 0 Å². The van der Waals surface area contributed by atoms with Crippen molar-refractivity contribution in [1.29, 1.82) is 5.41 Å². The van der Waals surface area contributed by atoms with Crippen molar-refractivity contribution in [3.05, 3.63) is 0 Å². The van der Waals surface area contributed by atoms with Crippen molar-refractivity contribution >= 4 is 17.3 Å². The number of hydrogen-bond donors (Lipinski definition) is 1. The molecule has 0 spiro atoms. The molecule has 0 aromatic carbocycles. The molecule has 0 saturated carbocycles. The number of hydrogen-bond acceptors (Lipinski definition) is 2. The first-order chi connectivity index (χ1) is 2.41. The second-order valence-electron chi connectivity index (χ2n) is 0.535. The molecular weight excluding hydrogens is 82.1 g/mol. The van der Waals surface area contributed by atoms with Gasteiger partial charge < -0.3 is 0 Å². The molecule has 2 heteroatoms. The highest BCUT2D eigenvalue weighted by molar-refractivity contribution is 8.11. The monoisotopic (exact) mass is 88.0 g/mol. The van der Waals surface area contributed by atoms with Crippen molar-refractivity contribution in [3.8, 4) is 0 Å². The van der Waals surface area contributed by atoms with E-state index in [4.69, 9.17) is 5.41 Å². The van der Waals surface area contributed by atoms with E-state index in [0.29, 0.717) is 0 Å². The van der Waals surface area contributed by atoms with Crippen LogP contribution in [0.2, 0.25) is 0 Å². The van der Waals surface area contributed by atoms with E-state index in [1.165, 1.54) is 11.8 Å². The summed E-state index contributed by atoms with van der Waals surface area (Å²) in [6.45, 7) is 1.99. The second kappa shape index (κ2) is 4.02. The van der Waals surface area contributed by atoms with Crippen LogP contribution in [0, 0.1) is 5.41 Å². The molecule has 0 amide bonds. The molecule has 5 heavy (non-hydrogen) atoms. The summed E-state index contributed by atoms with van der Waals surface area (Å²) in [6.07, 6.45) is 0. The maximum absolute atomic E-state index is 6.32. The minimum Gasteiger partial charge on any atom is -0.292 e. The van der Waals surface area contributed by atoms with Crippen molar-refractivity contribution in [2.24, 2.45) is 0 Å². The molecule has 0 aliphatic carbocycles. The largest absolute Gasteiger partial charge is 0.292 e. The Morgan fingerprint density at radius 2 is 2.60 bits per heavy atom. The summed E-state index contributed by atoms with van der Waals surface area (Å²) in [5.41, 5.74) is 2.18.